The minimum Gasteiger partial charge on any atom is -0.350 e. The molecule has 1 aliphatic heterocycles. The predicted octanol–water partition coefficient (Wildman–Crippen LogP) is 2.97. The Morgan fingerprint density at radius 2 is 1.94 bits per heavy atom. The van der Waals surface area contributed by atoms with Crippen molar-refractivity contribution in [3.8, 4) is 0 Å². The molecule has 2 N–H and O–H groups in total. The van der Waals surface area contributed by atoms with E-state index in [9.17, 15) is 18.0 Å². The van der Waals surface area contributed by atoms with Gasteiger partial charge in [0.05, 0.1) is 41.1 Å². The van der Waals surface area contributed by atoms with E-state index in [1.807, 2.05) is 0 Å². The second kappa shape index (κ2) is 9.40. The maximum Gasteiger partial charge on any atom is 0.265 e. The lowest BCUT2D eigenvalue weighted by Crippen LogP contribution is -2.52. The second-order valence-electron chi connectivity index (χ2n) is 7.87. The number of hydrogen-bond donors (Lipinski definition) is 2. The van der Waals surface area contributed by atoms with E-state index in [-0.39, 0.29) is 23.5 Å². The quantitative estimate of drug-likeness (QED) is 0.537. The molecule has 0 fully saturated rings. The minimum absolute atomic E-state index is 0.0175. The van der Waals surface area contributed by atoms with Gasteiger partial charge in [0, 0.05) is 17.4 Å². The predicted molar refractivity (Wildman–Crippen MR) is 128 cm³/mol. The van der Waals surface area contributed by atoms with Gasteiger partial charge in [0.25, 0.3) is 10.0 Å². The molecule has 2 aromatic carbocycles. The highest BCUT2D eigenvalue weighted by atomic mass is 35.5. The number of para-hydroxylation sites is 2. The molecule has 11 heteroatoms. The average molecular weight is 500 g/mol. The Bertz CT molecular complexity index is 1370. The third-order valence-corrected chi connectivity index (χ3v) is 7.81. The van der Waals surface area contributed by atoms with E-state index < -0.39 is 27.9 Å². The number of amides is 2. The van der Waals surface area contributed by atoms with Crippen molar-refractivity contribution in [2.24, 2.45) is 0 Å². The molecule has 0 aliphatic carbocycles. The van der Waals surface area contributed by atoms with E-state index in [1.54, 1.807) is 44.2 Å². The summed E-state index contributed by atoms with van der Waals surface area (Å²) in [6.45, 7) is 3.44. The zero-order chi connectivity index (χ0) is 24.5. The van der Waals surface area contributed by atoms with Crippen molar-refractivity contribution in [3.63, 3.8) is 0 Å². The Morgan fingerprint density at radius 1 is 1.18 bits per heavy atom. The Kier molecular flexibility index (Phi) is 6.54. The third-order valence-electron chi connectivity index (χ3n) is 5.44. The number of aryl methyl sites for hydroxylation is 2. The number of sulfonamides is 1. The van der Waals surface area contributed by atoms with Crippen molar-refractivity contribution in [1.29, 1.82) is 0 Å². The molecule has 176 valence electrons. The van der Waals surface area contributed by atoms with Crippen LogP contribution in [0.1, 0.15) is 23.2 Å². The third kappa shape index (κ3) is 4.59. The number of aromatic nitrogens is 2. The zero-order valence-electron chi connectivity index (χ0n) is 18.4. The molecule has 34 heavy (non-hydrogen) atoms. The molecule has 4 rings (SSSR count). The van der Waals surface area contributed by atoms with Crippen LogP contribution in [0.25, 0.3) is 0 Å². The van der Waals surface area contributed by atoms with Crippen LogP contribution in [0, 0.1) is 13.8 Å². The van der Waals surface area contributed by atoms with Crippen molar-refractivity contribution in [2.75, 3.05) is 9.62 Å². The summed E-state index contributed by atoms with van der Waals surface area (Å²) in [5.74, 6) is -1.10. The van der Waals surface area contributed by atoms with Crippen molar-refractivity contribution in [2.45, 2.75) is 37.8 Å². The van der Waals surface area contributed by atoms with Crippen molar-refractivity contribution < 1.29 is 18.0 Å². The van der Waals surface area contributed by atoms with Crippen LogP contribution >= 0.6 is 11.6 Å². The summed E-state index contributed by atoms with van der Waals surface area (Å²) in [6, 6.07) is 8.32. The maximum absolute atomic E-state index is 13.9. The standard InChI is InChI=1S/C23H22ClN5O4S/c1-14-10-21(15(2)9-17(14)24)34(32,33)29-19-6-4-3-5-18(19)28-23(31)20(29)11-22(30)27-13-16-12-25-7-8-26-16/h3-10,12,20H,11,13H2,1-2H3,(H,27,30)(H,28,31)/t20-/m1/s1. The smallest absolute Gasteiger partial charge is 0.265 e. The molecule has 3 aromatic rings. The number of anilines is 2. The molecule has 0 saturated heterocycles. The van der Waals surface area contributed by atoms with E-state index in [0.717, 1.165) is 4.31 Å². The fraction of sp³-hybridized carbons (Fsp3) is 0.217. The van der Waals surface area contributed by atoms with E-state index in [4.69, 9.17) is 11.6 Å². The number of nitrogens with zero attached hydrogens (tertiary/aromatic N) is 3. The van der Waals surface area contributed by atoms with Crippen molar-refractivity contribution in [3.05, 3.63) is 76.8 Å². The summed E-state index contributed by atoms with van der Waals surface area (Å²) in [5.41, 5.74) is 2.17. The topological polar surface area (TPSA) is 121 Å². The fourth-order valence-electron chi connectivity index (χ4n) is 3.73. The molecule has 2 amide bonds. The summed E-state index contributed by atoms with van der Waals surface area (Å²) < 4.78 is 28.8. The van der Waals surface area contributed by atoms with Gasteiger partial charge in [-0.25, -0.2) is 8.42 Å². The molecular weight excluding hydrogens is 478 g/mol. The molecule has 0 spiro atoms. The molecule has 1 aliphatic rings. The number of nitrogens with one attached hydrogen (secondary N) is 2. The number of hydrogen-bond acceptors (Lipinski definition) is 6. The monoisotopic (exact) mass is 499 g/mol. The molecule has 0 bridgehead atoms. The fourth-order valence-corrected chi connectivity index (χ4v) is 5.88. The van der Waals surface area contributed by atoms with Crippen LogP contribution in [0.15, 0.2) is 59.9 Å². The summed E-state index contributed by atoms with van der Waals surface area (Å²) in [6.07, 6.45) is 4.13. The van der Waals surface area contributed by atoms with Gasteiger partial charge >= 0.3 is 0 Å². The second-order valence-corrected chi connectivity index (χ2v) is 10.1. The molecule has 0 unspecified atom stereocenters. The molecule has 1 aromatic heterocycles. The van der Waals surface area contributed by atoms with Crippen LogP contribution in [-0.4, -0.2) is 36.2 Å². The van der Waals surface area contributed by atoms with Crippen LogP contribution in [-0.2, 0) is 26.2 Å². The van der Waals surface area contributed by atoms with Gasteiger partial charge in [-0.05, 0) is 49.2 Å². The number of carbonyl (C=O) groups is 2. The lowest BCUT2D eigenvalue weighted by molar-refractivity contribution is -0.125. The Hall–Kier alpha value is -3.50. The van der Waals surface area contributed by atoms with Crippen LogP contribution in [0.2, 0.25) is 5.02 Å². The van der Waals surface area contributed by atoms with Crippen LogP contribution in [0.3, 0.4) is 0 Å². The van der Waals surface area contributed by atoms with Crippen molar-refractivity contribution in [1.82, 2.24) is 15.3 Å². The van der Waals surface area contributed by atoms with E-state index >= 15 is 0 Å². The minimum atomic E-state index is -4.23. The van der Waals surface area contributed by atoms with Gasteiger partial charge in [-0.3, -0.25) is 23.9 Å². The molecule has 2 heterocycles. The lowest BCUT2D eigenvalue weighted by Gasteiger charge is -2.37. The van der Waals surface area contributed by atoms with Crippen LogP contribution in [0.5, 0.6) is 0 Å². The number of rotatable bonds is 6. The lowest BCUT2D eigenvalue weighted by atomic mass is 10.1. The van der Waals surface area contributed by atoms with Crippen LogP contribution < -0.4 is 14.9 Å². The van der Waals surface area contributed by atoms with Gasteiger partial charge in [0.2, 0.25) is 11.8 Å². The first-order valence-corrected chi connectivity index (χ1v) is 12.2. The molecule has 1 atom stereocenters. The Labute approximate surface area is 202 Å². The summed E-state index contributed by atoms with van der Waals surface area (Å²) in [5, 5.41) is 5.82. The average Bonchev–Trinajstić information content (AvgIpc) is 2.81. The highest BCUT2D eigenvalue weighted by Gasteiger charge is 2.42. The van der Waals surface area contributed by atoms with Gasteiger partial charge in [-0.1, -0.05) is 23.7 Å². The highest BCUT2D eigenvalue weighted by molar-refractivity contribution is 7.93. The first kappa shape index (κ1) is 23.7. The van der Waals surface area contributed by atoms with Crippen LogP contribution in [0.4, 0.5) is 11.4 Å². The maximum atomic E-state index is 13.9. The zero-order valence-corrected chi connectivity index (χ0v) is 20.0. The SMILES string of the molecule is Cc1cc(S(=O)(=O)N2c3ccccc3NC(=O)[C@H]2CC(=O)NCc2cnccn2)c(C)cc1Cl. The summed E-state index contributed by atoms with van der Waals surface area (Å²) in [7, 11) is -4.23. The van der Waals surface area contributed by atoms with Gasteiger partial charge in [0.15, 0.2) is 0 Å². The number of benzene rings is 2. The van der Waals surface area contributed by atoms with Gasteiger partial charge in [-0.15, -0.1) is 0 Å². The number of fused-ring (bicyclic) bond motifs is 1. The normalized spacial score (nSPS) is 15.4. The molecular formula is C23H22ClN5O4S. The largest absolute Gasteiger partial charge is 0.350 e. The molecule has 0 saturated carbocycles. The van der Waals surface area contributed by atoms with E-state index in [0.29, 0.717) is 27.5 Å². The Morgan fingerprint density at radius 3 is 2.68 bits per heavy atom. The highest BCUT2D eigenvalue weighted by Crippen LogP contribution is 2.38. The molecule has 9 nitrogen and oxygen atoms in total. The van der Waals surface area contributed by atoms with E-state index in [1.165, 1.54) is 24.7 Å². The van der Waals surface area contributed by atoms with Gasteiger partial charge < -0.3 is 10.6 Å². The van der Waals surface area contributed by atoms with Gasteiger partial charge in [-0.2, -0.15) is 0 Å². The summed E-state index contributed by atoms with van der Waals surface area (Å²) >= 11 is 6.17. The number of halogens is 1. The number of carbonyl (C=O) groups excluding carboxylic acids is 2. The first-order chi connectivity index (χ1) is 16.2. The van der Waals surface area contributed by atoms with Crippen molar-refractivity contribution >= 4 is 44.8 Å². The first-order valence-electron chi connectivity index (χ1n) is 10.4. The molecule has 0 radical (unpaired) electrons. The van der Waals surface area contributed by atoms with E-state index in [2.05, 4.69) is 20.6 Å². The summed E-state index contributed by atoms with van der Waals surface area (Å²) in [4.78, 5) is 33.8. The van der Waals surface area contributed by atoms with Gasteiger partial charge in [0.1, 0.15) is 6.04 Å². The Balaban J connectivity index is 1.71.